The predicted molar refractivity (Wildman–Crippen MR) is 63.8 cm³/mol. The molecular formula is C12H12F8O3Ru. The summed E-state index contributed by atoms with van der Waals surface area (Å²) in [6.07, 6.45) is -11.3. The van der Waals surface area contributed by atoms with Gasteiger partial charge in [-0.15, -0.1) is 0 Å². The van der Waals surface area contributed by atoms with Crippen molar-refractivity contribution in [2.24, 2.45) is 0 Å². The summed E-state index contributed by atoms with van der Waals surface area (Å²) in [5.74, 6) is -5.49. The van der Waals surface area contributed by atoms with Gasteiger partial charge < -0.3 is 14.4 Å². The molecule has 24 heavy (non-hydrogen) atoms. The minimum absolute atomic E-state index is 0. The van der Waals surface area contributed by atoms with Gasteiger partial charge in [0.15, 0.2) is 0 Å². The van der Waals surface area contributed by atoms with Gasteiger partial charge in [0, 0.05) is 30.6 Å². The number of carbonyl (C=O) groups is 3. The summed E-state index contributed by atoms with van der Waals surface area (Å²) in [5.41, 5.74) is -3.83. The van der Waals surface area contributed by atoms with E-state index in [4.69, 9.17) is 14.4 Å². The molecule has 0 aromatic rings. The zero-order chi connectivity index (χ0) is 19.5. The van der Waals surface area contributed by atoms with Gasteiger partial charge in [0.1, 0.15) is 20.4 Å². The largest absolute Gasteiger partial charge is 0.458 e. The number of carbonyl (C=O) groups excluding carboxylic acids is 3. The van der Waals surface area contributed by atoms with E-state index in [1.165, 1.54) is 0 Å². The van der Waals surface area contributed by atoms with Gasteiger partial charge in [-0.3, -0.25) is 0 Å². The molecule has 0 spiro atoms. The van der Waals surface area contributed by atoms with Crippen LogP contribution in [0, 0.1) is 0 Å². The molecule has 3 nitrogen and oxygen atoms in total. The molecule has 0 heterocycles. The Bertz CT molecular complexity index is 411. The van der Waals surface area contributed by atoms with Gasteiger partial charge in [-0.1, -0.05) is 12.2 Å². The van der Waals surface area contributed by atoms with Crippen LogP contribution in [-0.4, -0.2) is 38.6 Å². The van der Waals surface area contributed by atoms with Crippen molar-refractivity contribution >= 4 is 20.4 Å². The van der Waals surface area contributed by atoms with E-state index in [1.807, 2.05) is 20.4 Å². The molecule has 0 saturated heterocycles. The van der Waals surface area contributed by atoms with Crippen LogP contribution in [0.1, 0.15) is 12.8 Å². The fourth-order valence-electron chi connectivity index (χ4n) is 1.41. The first-order valence-electron chi connectivity index (χ1n) is 5.26. The molecule has 0 amide bonds. The maximum atomic E-state index is 12.9. The van der Waals surface area contributed by atoms with E-state index in [0.717, 1.165) is 6.08 Å². The Hall–Kier alpha value is -1.45. The Morgan fingerprint density at radius 3 is 1.46 bits per heavy atom. The third-order valence-electron chi connectivity index (χ3n) is 2.21. The topological polar surface area (TPSA) is 51.2 Å². The van der Waals surface area contributed by atoms with Crippen LogP contribution in [0.3, 0.4) is 0 Å². The van der Waals surface area contributed by atoms with Gasteiger partial charge in [0.25, 0.3) is 0 Å². The summed E-state index contributed by atoms with van der Waals surface area (Å²) in [7, 11) is 0. The van der Waals surface area contributed by atoms with Crippen LogP contribution in [0.5, 0.6) is 0 Å². The van der Waals surface area contributed by atoms with Crippen LogP contribution in [0.15, 0.2) is 23.3 Å². The van der Waals surface area contributed by atoms with Gasteiger partial charge >= 0.3 is 18.3 Å². The summed E-state index contributed by atoms with van der Waals surface area (Å²) in [6.45, 7) is 6.00. The minimum Gasteiger partial charge on any atom is -0.307 e. The Morgan fingerprint density at radius 2 is 1.17 bits per heavy atom. The van der Waals surface area contributed by atoms with Crippen molar-refractivity contribution in [3.05, 3.63) is 23.3 Å². The van der Waals surface area contributed by atoms with Gasteiger partial charge in [0.05, 0.1) is 0 Å². The van der Waals surface area contributed by atoms with Crippen LogP contribution >= 0.6 is 0 Å². The molecule has 0 atom stereocenters. The van der Waals surface area contributed by atoms with Gasteiger partial charge in [-0.2, -0.15) is 35.1 Å². The Morgan fingerprint density at radius 1 is 0.792 bits per heavy atom. The standard InChI is InChI=1S/C9H6F8.3CH2O.Ru/c10-7(11,9(15,16)17)5-3-1-2-4-6(5)8(12,13)14;3*1-2;/h1,3H,2,4H2;3*1H2;. The van der Waals surface area contributed by atoms with E-state index in [-0.39, 0.29) is 32.0 Å². The van der Waals surface area contributed by atoms with Crippen molar-refractivity contribution in [3.63, 3.8) is 0 Å². The van der Waals surface area contributed by atoms with E-state index in [1.54, 1.807) is 0 Å². The molecular weight excluding hydrogens is 445 g/mol. The van der Waals surface area contributed by atoms with E-state index >= 15 is 0 Å². The zero-order valence-corrected chi connectivity index (χ0v) is 13.5. The molecule has 1 aliphatic carbocycles. The summed E-state index contributed by atoms with van der Waals surface area (Å²) < 4.78 is 98.7. The molecule has 0 fully saturated rings. The summed E-state index contributed by atoms with van der Waals surface area (Å²) in [5, 5.41) is 0. The summed E-state index contributed by atoms with van der Waals surface area (Å²) in [4.78, 5) is 24.0. The minimum atomic E-state index is -6.04. The number of halogens is 8. The number of hydrogen-bond acceptors (Lipinski definition) is 3. The third-order valence-corrected chi connectivity index (χ3v) is 2.21. The van der Waals surface area contributed by atoms with Crippen LogP contribution in [0.4, 0.5) is 35.1 Å². The van der Waals surface area contributed by atoms with E-state index < -0.39 is 35.8 Å². The number of allylic oxidation sites excluding steroid dienone is 4. The van der Waals surface area contributed by atoms with Crippen LogP contribution in [0.2, 0.25) is 0 Å². The van der Waals surface area contributed by atoms with Gasteiger partial charge in [-0.05, 0) is 12.8 Å². The zero-order valence-electron chi connectivity index (χ0n) is 11.8. The summed E-state index contributed by atoms with van der Waals surface area (Å²) >= 11 is 0. The van der Waals surface area contributed by atoms with Crippen molar-refractivity contribution < 1.29 is 69.0 Å². The number of hydrogen-bond donors (Lipinski definition) is 0. The first kappa shape index (κ1) is 30.4. The first-order valence-corrected chi connectivity index (χ1v) is 5.26. The van der Waals surface area contributed by atoms with Gasteiger partial charge in [0.2, 0.25) is 0 Å². The maximum absolute atomic E-state index is 12.9. The van der Waals surface area contributed by atoms with Crippen molar-refractivity contribution in [2.75, 3.05) is 0 Å². The molecule has 1 aliphatic rings. The van der Waals surface area contributed by atoms with Crippen LogP contribution in [-0.2, 0) is 33.9 Å². The molecule has 0 saturated carbocycles. The molecule has 142 valence electrons. The Balaban J connectivity index is -0.000000256. The molecule has 12 heteroatoms. The SMILES string of the molecule is C=O.C=O.C=O.FC(F)(F)C1=C(C(F)(F)C(F)(F)F)C=CCC1.[Ru]. The van der Waals surface area contributed by atoms with Crippen molar-refractivity contribution in [1.29, 1.82) is 0 Å². The van der Waals surface area contributed by atoms with E-state index in [0.29, 0.717) is 0 Å². The molecule has 0 bridgehead atoms. The normalized spacial score (nSPS) is 13.8. The molecule has 0 aromatic heterocycles. The molecule has 0 N–H and O–H groups in total. The number of alkyl halides is 8. The Labute approximate surface area is 144 Å². The average Bonchev–Trinajstić information content (AvgIpc) is 2.51. The first-order chi connectivity index (χ1) is 10.5. The quantitative estimate of drug-likeness (QED) is 0.444. The average molecular weight is 457 g/mol. The summed E-state index contributed by atoms with van der Waals surface area (Å²) in [6, 6.07) is 0. The second kappa shape index (κ2) is 12.9. The van der Waals surface area contributed by atoms with Crippen molar-refractivity contribution in [2.45, 2.75) is 31.1 Å². The van der Waals surface area contributed by atoms with Crippen molar-refractivity contribution in [3.8, 4) is 0 Å². The third kappa shape index (κ3) is 8.42. The van der Waals surface area contributed by atoms with Gasteiger partial charge in [-0.25, -0.2) is 0 Å². The molecule has 0 unspecified atom stereocenters. The predicted octanol–water partition coefficient (Wildman–Crippen LogP) is 3.84. The monoisotopic (exact) mass is 458 g/mol. The van der Waals surface area contributed by atoms with E-state index in [9.17, 15) is 35.1 Å². The fourth-order valence-corrected chi connectivity index (χ4v) is 1.41. The van der Waals surface area contributed by atoms with Crippen LogP contribution < -0.4 is 0 Å². The second-order valence-electron chi connectivity index (χ2n) is 3.40. The smallest absolute Gasteiger partial charge is 0.307 e. The second-order valence-corrected chi connectivity index (χ2v) is 3.40. The molecule has 0 aromatic carbocycles. The van der Waals surface area contributed by atoms with E-state index in [2.05, 4.69) is 0 Å². The van der Waals surface area contributed by atoms with Crippen molar-refractivity contribution in [1.82, 2.24) is 0 Å². The molecule has 1 rings (SSSR count). The Kier molecular flexibility index (Phi) is 16.4. The maximum Gasteiger partial charge on any atom is 0.458 e. The molecule has 0 radical (unpaired) electrons. The van der Waals surface area contributed by atoms with Crippen LogP contribution in [0.25, 0.3) is 0 Å². The fraction of sp³-hybridized carbons (Fsp3) is 0.417. The number of rotatable bonds is 1. The molecule has 0 aliphatic heterocycles.